The molecular formula is C14H12FN3. The van der Waals surface area contributed by atoms with Crippen molar-refractivity contribution < 1.29 is 4.39 Å². The number of pyridine rings is 1. The normalized spacial score (nSPS) is 10.9. The minimum Gasteiger partial charge on any atom is -0.397 e. The third-order valence-electron chi connectivity index (χ3n) is 2.93. The van der Waals surface area contributed by atoms with Crippen LogP contribution in [0.15, 0.2) is 48.8 Å². The van der Waals surface area contributed by atoms with Crippen LogP contribution in [0.1, 0.15) is 11.4 Å². The molecule has 0 saturated heterocycles. The second-order valence-corrected chi connectivity index (χ2v) is 4.20. The van der Waals surface area contributed by atoms with Crippen LogP contribution in [0, 0.1) is 5.82 Å². The van der Waals surface area contributed by atoms with Gasteiger partial charge in [0.25, 0.3) is 0 Å². The molecule has 18 heavy (non-hydrogen) atoms. The molecule has 0 radical (unpaired) electrons. The molecule has 0 bridgehead atoms. The van der Waals surface area contributed by atoms with Crippen molar-refractivity contribution in [3.8, 4) is 0 Å². The van der Waals surface area contributed by atoms with Gasteiger partial charge in [0.1, 0.15) is 11.6 Å². The zero-order chi connectivity index (χ0) is 12.5. The summed E-state index contributed by atoms with van der Waals surface area (Å²) in [6.45, 7) is 0. The van der Waals surface area contributed by atoms with Gasteiger partial charge in [-0.1, -0.05) is 12.1 Å². The van der Waals surface area contributed by atoms with E-state index in [1.165, 1.54) is 12.1 Å². The van der Waals surface area contributed by atoms with Gasteiger partial charge in [0.2, 0.25) is 0 Å². The summed E-state index contributed by atoms with van der Waals surface area (Å²) in [4.78, 5) is 4.34. The first-order valence-corrected chi connectivity index (χ1v) is 5.69. The molecule has 0 aliphatic heterocycles. The highest BCUT2D eigenvalue weighted by atomic mass is 19.1. The van der Waals surface area contributed by atoms with Crippen LogP contribution in [0.5, 0.6) is 0 Å². The number of nitrogen functional groups attached to an aromatic ring is 1. The molecule has 0 atom stereocenters. The molecule has 0 amide bonds. The molecule has 3 rings (SSSR count). The smallest absolute Gasteiger partial charge is 0.123 e. The van der Waals surface area contributed by atoms with Crippen molar-refractivity contribution in [3.05, 3.63) is 66.0 Å². The Hall–Kier alpha value is -2.36. The highest BCUT2D eigenvalue weighted by Gasteiger charge is 2.06. The van der Waals surface area contributed by atoms with Gasteiger partial charge in [0, 0.05) is 12.6 Å². The van der Waals surface area contributed by atoms with Gasteiger partial charge in [-0.2, -0.15) is 0 Å². The summed E-state index contributed by atoms with van der Waals surface area (Å²) >= 11 is 0. The number of imidazole rings is 1. The zero-order valence-corrected chi connectivity index (χ0v) is 9.68. The number of hydrogen-bond donors (Lipinski definition) is 1. The Balaban J connectivity index is 2.03. The molecule has 4 heteroatoms. The first kappa shape index (κ1) is 10.8. The highest BCUT2D eigenvalue weighted by Crippen LogP contribution is 2.17. The summed E-state index contributed by atoms with van der Waals surface area (Å²) < 4.78 is 15.1. The van der Waals surface area contributed by atoms with Crippen LogP contribution in [0.3, 0.4) is 0 Å². The van der Waals surface area contributed by atoms with Crippen LogP contribution >= 0.6 is 0 Å². The van der Waals surface area contributed by atoms with Crippen molar-refractivity contribution in [2.75, 3.05) is 5.73 Å². The van der Waals surface area contributed by atoms with Crippen LogP contribution in [0.2, 0.25) is 0 Å². The predicted molar refractivity (Wildman–Crippen MR) is 68.8 cm³/mol. The summed E-state index contributed by atoms with van der Waals surface area (Å²) in [6.07, 6.45) is 4.23. The Bertz CT molecular complexity index is 703. The van der Waals surface area contributed by atoms with E-state index in [-0.39, 0.29) is 5.82 Å². The molecule has 0 aliphatic carbocycles. The number of rotatable bonds is 2. The highest BCUT2D eigenvalue weighted by molar-refractivity contribution is 5.68. The zero-order valence-electron chi connectivity index (χ0n) is 9.68. The standard InChI is InChI=1S/C14H12FN3/c15-11-4-1-3-10(7-11)8-14-17-9-13-12(16)5-2-6-18(13)14/h1-7,9H,8,16H2. The molecule has 2 heterocycles. The van der Waals surface area contributed by atoms with E-state index in [1.54, 1.807) is 12.3 Å². The fourth-order valence-electron chi connectivity index (χ4n) is 2.06. The van der Waals surface area contributed by atoms with Crippen molar-refractivity contribution >= 4 is 11.2 Å². The van der Waals surface area contributed by atoms with Crippen LogP contribution in [-0.2, 0) is 6.42 Å². The average molecular weight is 241 g/mol. The number of halogens is 1. The number of hydrogen-bond acceptors (Lipinski definition) is 2. The molecule has 0 aliphatic rings. The fourth-order valence-corrected chi connectivity index (χ4v) is 2.06. The van der Waals surface area contributed by atoms with Crippen LogP contribution in [-0.4, -0.2) is 9.38 Å². The van der Waals surface area contributed by atoms with E-state index < -0.39 is 0 Å². The van der Waals surface area contributed by atoms with Crippen LogP contribution in [0.4, 0.5) is 10.1 Å². The summed E-state index contributed by atoms with van der Waals surface area (Å²) in [5, 5.41) is 0. The fraction of sp³-hybridized carbons (Fsp3) is 0.0714. The van der Waals surface area contributed by atoms with E-state index >= 15 is 0 Å². The number of fused-ring (bicyclic) bond motifs is 1. The lowest BCUT2D eigenvalue weighted by Crippen LogP contribution is -1.98. The lowest BCUT2D eigenvalue weighted by molar-refractivity contribution is 0.625. The van der Waals surface area contributed by atoms with Gasteiger partial charge in [-0.15, -0.1) is 0 Å². The largest absolute Gasteiger partial charge is 0.397 e. The predicted octanol–water partition coefficient (Wildman–Crippen LogP) is 2.65. The maximum atomic E-state index is 13.1. The van der Waals surface area contributed by atoms with Crippen molar-refractivity contribution in [3.63, 3.8) is 0 Å². The van der Waals surface area contributed by atoms with E-state index in [9.17, 15) is 4.39 Å². The molecule has 2 N–H and O–H groups in total. The average Bonchev–Trinajstić information content (AvgIpc) is 2.74. The Kier molecular flexibility index (Phi) is 2.48. The van der Waals surface area contributed by atoms with Gasteiger partial charge in [0.15, 0.2) is 0 Å². The van der Waals surface area contributed by atoms with E-state index in [2.05, 4.69) is 4.98 Å². The van der Waals surface area contributed by atoms with Gasteiger partial charge in [-0.3, -0.25) is 0 Å². The minimum atomic E-state index is -0.229. The quantitative estimate of drug-likeness (QED) is 0.749. The number of nitrogens with two attached hydrogens (primary N) is 1. The minimum absolute atomic E-state index is 0.229. The molecule has 1 aromatic carbocycles. The molecule has 0 saturated carbocycles. The lowest BCUT2D eigenvalue weighted by atomic mass is 10.1. The molecule has 3 aromatic rings. The monoisotopic (exact) mass is 241 g/mol. The first-order chi connectivity index (χ1) is 8.74. The number of anilines is 1. The molecule has 2 aromatic heterocycles. The Morgan fingerprint density at radius 1 is 1.22 bits per heavy atom. The third kappa shape index (κ3) is 1.82. The summed E-state index contributed by atoms with van der Waals surface area (Å²) in [5.41, 5.74) is 8.33. The molecular weight excluding hydrogens is 229 g/mol. The molecule has 90 valence electrons. The maximum absolute atomic E-state index is 13.1. The van der Waals surface area contributed by atoms with Crippen molar-refractivity contribution in [1.82, 2.24) is 9.38 Å². The van der Waals surface area contributed by atoms with Gasteiger partial charge >= 0.3 is 0 Å². The summed E-state index contributed by atoms with van der Waals surface area (Å²) in [5.74, 6) is 0.621. The Morgan fingerprint density at radius 2 is 2.11 bits per heavy atom. The van der Waals surface area contributed by atoms with E-state index in [4.69, 9.17) is 5.73 Å². The number of benzene rings is 1. The SMILES string of the molecule is Nc1cccn2c(Cc3cccc(F)c3)ncc12. The Labute approximate surface area is 104 Å². The Morgan fingerprint density at radius 3 is 2.94 bits per heavy atom. The van der Waals surface area contributed by atoms with Gasteiger partial charge in [0.05, 0.1) is 17.4 Å². The third-order valence-corrected chi connectivity index (χ3v) is 2.93. The molecule has 0 unspecified atom stereocenters. The topological polar surface area (TPSA) is 43.3 Å². The first-order valence-electron chi connectivity index (χ1n) is 5.69. The van der Waals surface area contributed by atoms with Crippen LogP contribution in [0.25, 0.3) is 5.52 Å². The van der Waals surface area contributed by atoms with Crippen LogP contribution < -0.4 is 5.73 Å². The number of aromatic nitrogens is 2. The van der Waals surface area contributed by atoms with E-state index in [0.29, 0.717) is 12.1 Å². The number of nitrogens with zero attached hydrogens (tertiary/aromatic N) is 2. The van der Waals surface area contributed by atoms with E-state index in [0.717, 1.165) is 16.9 Å². The van der Waals surface area contributed by atoms with E-state index in [1.807, 2.05) is 28.8 Å². The molecule has 0 fully saturated rings. The lowest BCUT2D eigenvalue weighted by Gasteiger charge is -2.03. The maximum Gasteiger partial charge on any atom is 0.123 e. The van der Waals surface area contributed by atoms with Crippen molar-refractivity contribution in [2.24, 2.45) is 0 Å². The second kappa shape index (κ2) is 4.14. The molecule has 0 spiro atoms. The van der Waals surface area contributed by atoms with Gasteiger partial charge < -0.3 is 10.1 Å². The van der Waals surface area contributed by atoms with Crippen molar-refractivity contribution in [2.45, 2.75) is 6.42 Å². The summed E-state index contributed by atoms with van der Waals surface area (Å²) in [6, 6.07) is 10.3. The van der Waals surface area contributed by atoms with Gasteiger partial charge in [-0.25, -0.2) is 9.37 Å². The second-order valence-electron chi connectivity index (χ2n) is 4.20. The van der Waals surface area contributed by atoms with Gasteiger partial charge in [-0.05, 0) is 29.8 Å². The van der Waals surface area contributed by atoms with Crippen molar-refractivity contribution in [1.29, 1.82) is 0 Å². The summed E-state index contributed by atoms with van der Waals surface area (Å²) in [7, 11) is 0. The molecule has 3 nitrogen and oxygen atoms in total.